The molecule has 0 aliphatic rings. The van der Waals surface area contributed by atoms with Gasteiger partial charge in [0.05, 0.1) is 6.61 Å². The number of unbranched alkanes of at least 4 members (excludes halogenated alkanes) is 1. The zero-order chi connectivity index (χ0) is 10.3. The van der Waals surface area contributed by atoms with E-state index in [-0.39, 0.29) is 5.41 Å². The molecule has 0 aromatic rings. The minimum absolute atomic E-state index is 0.135. The van der Waals surface area contributed by atoms with Crippen LogP contribution in [0.4, 0.5) is 0 Å². The normalized spacial score (nSPS) is 14.5. The van der Waals surface area contributed by atoms with E-state index in [0.717, 1.165) is 24.6 Å². The highest BCUT2D eigenvalue weighted by molar-refractivity contribution is 9.09. The molecule has 0 aliphatic carbocycles. The zero-order valence-corrected chi connectivity index (χ0v) is 10.4. The van der Waals surface area contributed by atoms with Crippen molar-refractivity contribution in [1.82, 2.24) is 0 Å². The Morgan fingerprint density at radius 1 is 1.31 bits per heavy atom. The molecule has 1 unspecified atom stereocenters. The third kappa shape index (κ3) is 10.3. The topological polar surface area (TPSA) is 29.5 Å². The second-order valence-corrected chi connectivity index (χ2v) is 5.30. The van der Waals surface area contributed by atoms with Gasteiger partial charge in [0.2, 0.25) is 0 Å². The van der Waals surface area contributed by atoms with Crippen LogP contribution in [0.5, 0.6) is 0 Å². The quantitative estimate of drug-likeness (QED) is 0.448. The van der Waals surface area contributed by atoms with E-state index in [1.165, 1.54) is 0 Å². The van der Waals surface area contributed by atoms with E-state index >= 15 is 0 Å². The second kappa shape index (κ2) is 6.80. The monoisotopic (exact) mass is 252 g/mol. The van der Waals surface area contributed by atoms with Crippen LogP contribution >= 0.6 is 15.9 Å². The molecule has 0 aromatic carbocycles. The van der Waals surface area contributed by atoms with Crippen molar-refractivity contribution in [3.05, 3.63) is 0 Å². The summed E-state index contributed by atoms with van der Waals surface area (Å²) in [6.07, 6.45) is 2.26. The van der Waals surface area contributed by atoms with Crippen LogP contribution < -0.4 is 0 Å². The molecule has 0 aliphatic heterocycles. The summed E-state index contributed by atoms with van der Waals surface area (Å²) in [4.78, 5) is 0. The molecule has 0 amide bonds. The molecule has 0 spiro atoms. The van der Waals surface area contributed by atoms with Crippen LogP contribution in [0.2, 0.25) is 0 Å². The van der Waals surface area contributed by atoms with Gasteiger partial charge in [0.25, 0.3) is 0 Å². The van der Waals surface area contributed by atoms with Gasteiger partial charge in [-0.25, -0.2) is 0 Å². The third-order valence-electron chi connectivity index (χ3n) is 1.54. The van der Waals surface area contributed by atoms with Crippen LogP contribution in [0.15, 0.2) is 0 Å². The largest absolute Gasteiger partial charge is 0.368 e. The Labute approximate surface area is 89.8 Å². The van der Waals surface area contributed by atoms with Gasteiger partial charge in [-0.1, -0.05) is 36.7 Å². The predicted octanol–water partition coefficient (Wildman–Crippen LogP) is 2.93. The number of aliphatic hydroxyl groups is 1. The van der Waals surface area contributed by atoms with Gasteiger partial charge in [0, 0.05) is 5.33 Å². The van der Waals surface area contributed by atoms with Crippen molar-refractivity contribution in [2.45, 2.75) is 46.3 Å². The van der Waals surface area contributed by atoms with Crippen molar-refractivity contribution in [1.29, 1.82) is 0 Å². The maximum absolute atomic E-state index is 9.40. The summed E-state index contributed by atoms with van der Waals surface area (Å²) in [6.45, 7) is 6.90. The summed E-state index contributed by atoms with van der Waals surface area (Å²) in [6, 6.07) is 0. The van der Waals surface area contributed by atoms with Crippen LogP contribution in [0.25, 0.3) is 0 Å². The number of hydrogen-bond donors (Lipinski definition) is 1. The number of hydrogen-bond acceptors (Lipinski definition) is 2. The van der Waals surface area contributed by atoms with Crippen LogP contribution in [-0.4, -0.2) is 23.3 Å². The van der Waals surface area contributed by atoms with Gasteiger partial charge in [0.15, 0.2) is 6.29 Å². The molecule has 13 heavy (non-hydrogen) atoms. The molecule has 0 aromatic heterocycles. The Hall–Kier alpha value is 0.400. The maximum atomic E-state index is 9.40. The third-order valence-corrected chi connectivity index (χ3v) is 2.10. The molecule has 0 saturated heterocycles. The van der Waals surface area contributed by atoms with Crippen LogP contribution in [0.3, 0.4) is 0 Å². The van der Waals surface area contributed by atoms with E-state index in [9.17, 15) is 5.11 Å². The first-order chi connectivity index (χ1) is 5.95. The number of ether oxygens (including phenoxy) is 1. The Morgan fingerprint density at radius 2 is 1.92 bits per heavy atom. The summed E-state index contributed by atoms with van der Waals surface area (Å²) < 4.78 is 5.29. The molecule has 0 heterocycles. The number of alkyl halides is 1. The Kier molecular flexibility index (Phi) is 7.00. The maximum Gasteiger partial charge on any atom is 0.154 e. The smallest absolute Gasteiger partial charge is 0.154 e. The fraction of sp³-hybridized carbons (Fsp3) is 1.00. The number of aliphatic hydroxyl groups excluding tert-OH is 1. The fourth-order valence-electron chi connectivity index (χ4n) is 0.843. The van der Waals surface area contributed by atoms with Gasteiger partial charge in [0.1, 0.15) is 0 Å². The Bertz CT molecular complexity index is 121. The molecule has 0 fully saturated rings. The lowest BCUT2D eigenvalue weighted by Gasteiger charge is -2.20. The van der Waals surface area contributed by atoms with Gasteiger partial charge >= 0.3 is 0 Å². The molecule has 80 valence electrons. The van der Waals surface area contributed by atoms with Gasteiger partial charge in [-0.05, 0) is 24.7 Å². The molecular weight excluding hydrogens is 232 g/mol. The second-order valence-electron chi connectivity index (χ2n) is 4.51. The van der Waals surface area contributed by atoms with Crippen molar-refractivity contribution in [3.63, 3.8) is 0 Å². The van der Waals surface area contributed by atoms with E-state index in [4.69, 9.17) is 4.74 Å². The highest BCUT2D eigenvalue weighted by Gasteiger charge is 2.13. The minimum Gasteiger partial charge on any atom is -0.368 e. The Balaban J connectivity index is 3.35. The highest BCUT2D eigenvalue weighted by atomic mass is 79.9. The molecule has 0 radical (unpaired) electrons. The van der Waals surface area contributed by atoms with Gasteiger partial charge < -0.3 is 9.84 Å². The van der Waals surface area contributed by atoms with Crippen molar-refractivity contribution in [2.75, 3.05) is 11.9 Å². The standard InChI is InChI=1S/C10H21BrO2/c1-10(2,3)8-13-9(12)6-4-5-7-11/h9,12H,4-8H2,1-3H3. The summed E-state index contributed by atoms with van der Waals surface area (Å²) in [5, 5.41) is 10.4. The summed E-state index contributed by atoms with van der Waals surface area (Å²) in [5.41, 5.74) is 0.135. The lowest BCUT2D eigenvalue weighted by molar-refractivity contribution is -0.122. The molecule has 0 bridgehead atoms. The number of rotatable bonds is 6. The molecule has 0 saturated carbocycles. The Morgan fingerprint density at radius 3 is 2.38 bits per heavy atom. The van der Waals surface area contributed by atoms with Crippen molar-refractivity contribution in [2.24, 2.45) is 5.41 Å². The summed E-state index contributed by atoms with van der Waals surface area (Å²) in [7, 11) is 0. The zero-order valence-electron chi connectivity index (χ0n) is 8.85. The molecule has 1 N–H and O–H groups in total. The van der Waals surface area contributed by atoms with Gasteiger partial charge in [-0.3, -0.25) is 0 Å². The first-order valence-electron chi connectivity index (χ1n) is 4.81. The van der Waals surface area contributed by atoms with Crippen LogP contribution in [-0.2, 0) is 4.74 Å². The SMILES string of the molecule is CC(C)(C)COC(O)CCCCBr. The fourth-order valence-corrected chi connectivity index (χ4v) is 1.24. The van der Waals surface area contributed by atoms with E-state index < -0.39 is 6.29 Å². The van der Waals surface area contributed by atoms with E-state index in [2.05, 4.69) is 36.7 Å². The first kappa shape index (κ1) is 13.4. The van der Waals surface area contributed by atoms with Crippen LogP contribution in [0.1, 0.15) is 40.0 Å². The lowest BCUT2D eigenvalue weighted by atomic mass is 9.99. The average Bonchev–Trinajstić information content (AvgIpc) is 2.00. The minimum atomic E-state index is -0.585. The van der Waals surface area contributed by atoms with E-state index in [1.807, 2.05) is 0 Å². The molecule has 0 rings (SSSR count). The van der Waals surface area contributed by atoms with Gasteiger partial charge in [-0.15, -0.1) is 0 Å². The molecule has 3 heteroatoms. The number of halogens is 1. The lowest BCUT2D eigenvalue weighted by Crippen LogP contribution is -2.21. The van der Waals surface area contributed by atoms with Crippen LogP contribution in [0, 0.1) is 5.41 Å². The predicted molar refractivity (Wildman–Crippen MR) is 59.1 cm³/mol. The highest BCUT2D eigenvalue weighted by Crippen LogP contribution is 2.15. The molecule has 2 nitrogen and oxygen atoms in total. The first-order valence-corrected chi connectivity index (χ1v) is 5.93. The summed E-state index contributed by atoms with van der Waals surface area (Å²) in [5.74, 6) is 0. The average molecular weight is 253 g/mol. The van der Waals surface area contributed by atoms with Crippen molar-refractivity contribution in [3.8, 4) is 0 Å². The molecule has 1 atom stereocenters. The van der Waals surface area contributed by atoms with E-state index in [1.54, 1.807) is 0 Å². The van der Waals surface area contributed by atoms with Crippen molar-refractivity contribution < 1.29 is 9.84 Å². The van der Waals surface area contributed by atoms with Gasteiger partial charge in [-0.2, -0.15) is 0 Å². The van der Waals surface area contributed by atoms with E-state index in [0.29, 0.717) is 6.61 Å². The van der Waals surface area contributed by atoms with Crippen molar-refractivity contribution >= 4 is 15.9 Å². The molecular formula is C10H21BrO2. The summed E-state index contributed by atoms with van der Waals surface area (Å²) >= 11 is 3.35.